The van der Waals surface area contributed by atoms with Crippen LogP contribution in [0.25, 0.3) is 16.8 Å². The SMILES string of the molecule is COc1cccc(C2/C(=C(\O)c3c(OC)cccc3OC)C(=O)C(=O)N2c2nc3ccc(C(=O)O)cc3[nH]2)c1. The number of rotatable bonds is 7. The first-order valence-corrected chi connectivity index (χ1v) is 11.7. The number of H-pyrrole nitrogens is 1. The number of carboxylic acids is 1. The summed E-state index contributed by atoms with van der Waals surface area (Å²) in [5, 5.41) is 20.9. The number of carbonyl (C=O) groups is 3. The largest absolute Gasteiger partial charge is 0.506 e. The molecular weight excluding hydrogens is 506 g/mol. The maximum atomic E-state index is 13.6. The average Bonchev–Trinajstić information content (AvgIpc) is 3.49. The molecule has 0 radical (unpaired) electrons. The molecule has 1 amide bonds. The number of carbonyl (C=O) groups excluding carboxylic acids is 2. The summed E-state index contributed by atoms with van der Waals surface area (Å²) >= 11 is 0. The van der Waals surface area contributed by atoms with Crippen LogP contribution in [0, 0.1) is 0 Å². The van der Waals surface area contributed by atoms with Gasteiger partial charge in [-0.2, -0.15) is 0 Å². The maximum Gasteiger partial charge on any atom is 0.335 e. The second kappa shape index (κ2) is 9.86. The molecule has 0 saturated carbocycles. The van der Waals surface area contributed by atoms with Crippen LogP contribution in [0.5, 0.6) is 17.2 Å². The lowest BCUT2D eigenvalue weighted by Crippen LogP contribution is -2.30. The molecule has 4 aromatic rings. The number of aromatic amines is 1. The number of nitrogens with one attached hydrogen (secondary N) is 1. The number of hydrogen-bond acceptors (Lipinski definition) is 8. The Balaban J connectivity index is 1.77. The highest BCUT2D eigenvalue weighted by Crippen LogP contribution is 2.45. The normalized spacial score (nSPS) is 16.5. The van der Waals surface area contributed by atoms with E-state index in [2.05, 4.69) is 9.97 Å². The molecule has 0 bridgehead atoms. The number of imidazole rings is 1. The number of Topliss-reactive ketones (excluding diaryl/α,β-unsaturated/α-hetero) is 1. The van der Waals surface area contributed by atoms with Gasteiger partial charge in [0.25, 0.3) is 5.78 Å². The quantitative estimate of drug-likeness (QED) is 0.184. The number of anilines is 1. The van der Waals surface area contributed by atoms with E-state index in [1.54, 1.807) is 42.5 Å². The van der Waals surface area contributed by atoms with Gasteiger partial charge in [0.2, 0.25) is 5.95 Å². The molecule has 1 aliphatic heterocycles. The molecule has 198 valence electrons. The molecule has 0 spiro atoms. The van der Waals surface area contributed by atoms with Gasteiger partial charge >= 0.3 is 11.9 Å². The molecule has 1 aromatic heterocycles. The fourth-order valence-corrected chi connectivity index (χ4v) is 4.64. The molecule has 0 aliphatic carbocycles. The first kappa shape index (κ1) is 25.3. The maximum absolute atomic E-state index is 13.6. The van der Waals surface area contributed by atoms with E-state index >= 15 is 0 Å². The first-order chi connectivity index (χ1) is 18.8. The van der Waals surface area contributed by atoms with Gasteiger partial charge in [-0.15, -0.1) is 0 Å². The number of carboxylic acid groups (broad SMARTS) is 1. The molecule has 5 rings (SSSR count). The van der Waals surface area contributed by atoms with E-state index in [0.29, 0.717) is 22.3 Å². The smallest absolute Gasteiger partial charge is 0.335 e. The van der Waals surface area contributed by atoms with Gasteiger partial charge in [0, 0.05) is 0 Å². The summed E-state index contributed by atoms with van der Waals surface area (Å²) in [5.41, 5.74) is 1.09. The number of ether oxygens (including phenoxy) is 3. The van der Waals surface area contributed by atoms with Gasteiger partial charge in [0.15, 0.2) is 0 Å². The molecule has 3 aromatic carbocycles. The molecule has 2 heterocycles. The van der Waals surface area contributed by atoms with Gasteiger partial charge in [0.1, 0.15) is 28.6 Å². The summed E-state index contributed by atoms with van der Waals surface area (Å²) in [7, 11) is 4.29. The van der Waals surface area contributed by atoms with Crippen LogP contribution in [0.2, 0.25) is 0 Å². The Kier molecular flexibility index (Phi) is 6.40. The van der Waals surface area contributed by atoms with Crippen LogP contribution >= 0.6 is 0 Å². The van der Waals surface area contributed by atoms with Crippen molar-refractivity contribution in [1.29, 1.82) is 0 Å². The second-order valence-corrected chi connectivity index (χ2v) is 8.58. The van der Waals surface area contributed by atoms with Crippen molar-refractivity contribution < 1.29 is 38.8 Å². The van der Waals surface area contributed by atoms with E-state index in [-0.39, 0.29) is 34.1 Å². The number of aliphatic hydroxyl groups excluding tert-OH is 1. The van der Waals surface area contributed by atoms with Crippen LogP contribution in [-0.4, -0.2) is 59.2 Å². The summed E-state index contributed by atoms with van der Waals surface area (Å²) < 4.78 is 16.2. The molecule has 39 heavy (non-hydrogen) atoms. The Hall–Kier alpha value is -5.32. The van der Waals surface area contributed by atoms with E-state index in [9.17, 15) is 24.6 Å². The Bertz CT molecular complexity index is 1650. The highest BCUT2D eigenvalue weighted by Gasteiger charge is 2.49. The van der Waals surface area contributed by atoms with Gasteiger partial charge in [-0.1, -0.05) is 18.2 Å². The van der Waals surface area contributed by atoms with Crippen LogP contribution < -0.4 is 19.1 Å². The van der Waals surface area contributed by atoms with E-state index in [0.717, 1.165) is 4.90 Å². The van der Waals surface area contributed by atoms with Crippen molar-refractivity contribution in [2.45, 2.75) is 6.04 Å². The van der Waals surface area contributed by atoms with Crippen LogP contribution in [0.15, 0.2) is 66.2 Å². The van der Waals surface area contributed by atoms with E-state index in [1.807, 2.05) is 0 Å². The minimum absolute atomic E-state index is 0.00602. The van der Waals surface area contributed by atoms with Crippen molar-refractivity contribution in [3.63, 3.8) is 0 Å². The van der Waals surface area contributed by atoms with Gasteiger partial charge in [-0.25, -0.2) is 9.78 Å². The van der Waals surface area contributed by atoms with Crippen molar-refractivity contribution in [3.8, 4) is 17.2 Å². The Labute approximate surface area is 221 Å². The van der Waals surface area contributed by atoms with Crippen molar-refractivity contribution >= 4 is 40.4 Å². The molecule has 1 aliphatic rings. The van der Waals surface area contributed by atoms with Crippen LogP contribution in [0.3, 0.4) is 0 Å². The fourth-order valence-electron chi connectivity index (χ4n) is 4.64. The Morgan fingerprint density at radius 2 is 1.62 bits per heavy atom. The number of benzene rings is 3. The van der Waals surface area contributed by atoms with Crippen LogP contribution in [-0.2, 0) is 9.59 Å². The lowest BCUT2D eigenvalue weighted by Gasteiger charge is -2.23. The van der Waals surface area contributed by atoms with Crippen molar-refractivity contribution in [1.82, 2.24) is 9.97 Å². The van der Waals surface area contributed by atoms with E-state index in [1.165, 1.54) is 39.5 Å². The number of aliphatic hydroxyl groups is 1. The Morgan fingerprint density at radius 1 is 0.923 bits per heavy atom. The average molecular weight is 530 g/mol. The number of amides is 1. The van der Waals surface area contributed by atoms with Crippen molar-refractivity contribution in [3.05, 3.63) is 82.9 Å². The predicted octanol–water partition coefficient (Wildman–Crippen LogP) is 3.91. The number of nitrogens with zero attached hydrogens (tertiary/aromatic N) is 2. The second-order valence-electron chi connectivity index (χ2n) is 8.58. The lowest BCUT2D eigenvalue weighted by molar-refractivity contribution is -0.132. The zero-order valence-corrected chi connectivity index (χ0v) is 21.1. The molecule has 1 fully saturated rings. The molecule has 3 N–H and O–H groups in total. The number of fused-ring (bicyclic) bond motifs is 1. The minimum Gasteiger partial charge on any atom is -0.506 e. The zero-order chi connectivity index (χ0) is 27.8. The summed E-state index contributed by atoms with van der Waals surface area (Å²) in [5.74, 6) is -2.62. The van der Waals surface area contributed by atoms with Gasteiger partial charge in [-0.05, 0) is 48.0 Å². The molecule has 1 saturated heterocycles. The summed E-state index contributed by atoms with van der Waals surface area (Å²) in [6.45, 7) is 0. The van der Waals surface area contributed by atoms with Crippen molar-refractivity contribution in [2.75, 3.05) is 26.2 Å². The van der Waals surface area contributed by atoms with Gasteiger partial charge < -0.3 is 29.4 Å². The Morgan fingerprint density at radius 3 is 2.26 bits per heavy atom. The van der Waals surface area contributed by atoms with E-state index < -0.39 is 29.5 Å². The molecular formula is C28H23N3O8. The van der Waals surface area contributed by atoms with Gasteiger partial charge in [-0.3, -0.25) is 14.5 Å². The highest BCUT2D eigenvalue weighted by molar-refractivity contribution is 6.51. The number of aromatic nitrogens is 2. The molecule has 1 atom stereocenters. The first-order valence-electron chi connectivity index (χ1n) is 11.7. The molecule has 1 unspecified atom stereocenters. The minimum atomic E-state index is -1.13. The third kappa shape index (κ3) is 4.19. The lowest BCUT2D eigenvalue weighted by atomic mass is 9.94. The van der Waals surface area contributed by atoms with Crippen molar-refractivity contribution in [2.24, 2.45) is 0 Å². The van der Waals surface area contributed by atoms with Crippen LogP contribution in [0.4, 0.5) is 5.95 Å². The van der Waals surface area contributed by atoms with E-state index in [4.69, 9.17) is 14.2 Å². The number of aromatic carboxylic acids is 1. The number of ketones is 1. The zero-order valence-electron chi connectivity index (χ0n) is 21.1. The molecule has 11 nitrogen and oxygen atoms in total. The predicted molar refractivity (Wildman–Crippen MR) is 140 cm³/mol. The third-order valence-corrected chi connectivity index (χ3v) is 6.46. The number of methoxy groups -OCH3 is 3. The third-order valence-electron chi connectivity index (χ3n) is 6.46. The summed E-state index contributed by atoms with van der Waals surface area (Å²) in [6.07, 6.45) is 0. The standard InChI is InChI=1S/C28H23N3O8/c1-37-16-7-4-6-14(12-16)23-22(24(32)21-19(38-2)8-5-9-20(21)39-3)25(33)26(34)31(23)28-29-17-11-10-15(27(35)36)13-18(17)30-28/h4-13,23,32H,1-3H3,(H,29,30)(H,35,36)/b24-22+. The summed E-state index contributed by atoms with van der Waals surface area (Å²) in [6, 6.07) is 14.7. The topological polar surface area (TPSA) is 151 Å². The fraction of sp³-hybridized carbons (Fsp3) is 0.143. The number of hydrogen-bond donors (Lipinski definition) is 3. The van der Waals surface area contributed by atoms with Crippen LogP contribution in [0.1, 0.15) is 27.5 Å². The highest BCUT2D eigenvalue weighted by atomic mass is 16.5. The van der Waals surface area contributed by atoms with Gasteiger partial charge in [0.05, 0.1) is 49.5 Å². The summed E-state index contributed by atoms with van der Waals surface area (Å²) in [4.78, 5) is 47.1. The monoisotopic (exact) mass is 529 g/mol. The molecule has 11 heteroatoms.